The summed E-state index contributed by atoms with van der Waals surface area (Å²) in [6.45, 7) is 7.99. The van der Waals surface area contributed by atoms with Crippen LogP contribution in [0.1, 0.15) is 126 Å². The number of rotatable bonds is 33. The highest BCUT2D eigenvalue weighted by Gasteiger charge is 2.20. The van der Waals surface area contributed by atoms with E-state index in [9.17, 15) is 0 Å². The fourth-order valence-corrected chi connectivity index (χ4v) is 11.5. The molecule has 11 heteroatoms. The molecule has 2 aliphatic rings. The van der Waals surface area contributed by atoms with E-state index in [0.717, 1.165) is 167 Å². The summed E-state index contributed by atoms with van der Waals surface area (Å²) >= 11 is 0. The first kappa shape index (κ1) is 63.1. The topological polar surface area (TPSA) is 97.5 Å². The van der Waals surface area contributed by atoms with E-state index in [4.69, 9.17) is 28.9 Å². The van der Waals surface area contributed by atoms with Gasteiger partial charge in [-0.3, -0.25) is 0 Å². The van der Waals surface area contributed by atoms with Crippen LogP contribution in [0.4, 0.5) is 0 Å². The van der Waals surface area contributed by atoms with Crippen LogP contribution in [0.5, 0.6) is 23.0 Å². The zero-order chi connectivity index (χ0) is 60.3. The van der Waals surface area contributed by atoms with Crippen LogP contribution in [0, 0.1) is 0 Å². The maximum atomic E-state index is 6.40. The van der Waals surface area contributed by atoms with Crippen LogP contribution in [0.15, 0.2) is 121 Å². The zero-order valence-corrected chi connectivity index (χ0v) is 53.3. The van der Waals surface area contributed by atoms with E-state index in [2.05, 4.69) is 224 Å². The minimum Gasteiger partial charge on any atom is -0.494 e. The minimum absolute atomic E-state index is 0.643. The molecule has 8 bridgehead atoms. The Labute approximate surface area is 514 Å². The van der Waals surface area contributed by atoms with Crippen molar-refractivity contribution in [1.29, 1.82) is 0 Å². The van der Waals surface area contributed by atoms with E-state index >= 15 is 0 Å². The first-order chi connectivity index (χ1) is 41.7. The molecule has 0 saturated heterocycles. The van der Waals surface area contributed by atoms with Gasteiger partial charge < -0.3 is 42.8 Å². The van der Waals surface area contributed by atoms with Gasteiger partial charge in [-0.25, -0.2) is 9.97 Å². The maximum Gasteiger partial charge on any atom is 0.119 e. The molecule has 86 heavy (non-hydrogen) atoms. The van der Waals surface area contributed by atoms with Crippen LogP contribution in [0.3, 0.4) is 0 Å². The van der Waals surface area contributed by atoms with Crippen molar-refractivity contribution in [2.75, 3.05) is 102 Å². The number of nitrogens with zero attached hydrogens (tertiary/aromatic N) is 5. The number of aromatic nitrogens is 4. The molecule has 0 aliphatic carbocycles. The molecule has 11 nitrogen and oxygen atoms in total. The molecule has 4 aromatic carbocycles. The number of benzene rings is 4. The van der Waals surface area contributed by atoms with Crippen LogP contribution in [0.25, 0.3) is 90.9 Å². The molecule has 5 heterocycles. The molecule has 3 aromatic heterocycles. The molecular weight excluding hydrogens is 1060 g/mol. The van der Waals surface area contributed by atoms with Crippen molar-refractivity contribution in [1.82, 2.24) is 24.8 Å². The summed E-state index contributed by atoms with van der Waals surface area (Å²) in [5.41, 5.74) is 15.1. The van der Waals surface area contributed by atoms with Crippen LogP contribution in [0.2, 0.25) is 0 Å². The van der Waals surface area contributed by atoms with E-state index < -0.39 is 0 Å². The molecule has 0 unspecified atom stereocenters. The summed E-state index contributed by atoms with van der Waals surface area (Å²) < 4.78 is 27.1. The average Bonchev–Trinajstić information content (AvgIpc) is 1.87. The van der Waals surface area contributed by atoms with Gasteiger partial charge in [0.05, 0.1) is 105 Å². The fraction of sp³-hybridized carbons (Fsp3) is 0.413. The number of H-pyrrole nitrogens is 2. The SMILES string of the molecule is CCCCCCCCCCCCCCOc1ccc(-c2c3nc(c(-c4ccc(OCCC[N+](C)(C)C)cc4)c4ccc([nH]4)c(-c4ccc(OCCCN(C)C)cc4)c4nc(c(-c5ccc(OCCC[N+](C)(C)C)cc5)c5ccc2[nH]5)C=C4)C=C3)cc1. The standard InChI is InChI=1S/C75H97N7O4/c1-10-11-12-13-14-15-16-17-18-19-20-21-52-83-60-33-25-56(26-34-60)72-64-41-45-68(76-64)74(58-29-37-62(38-30-58)85-54-23-50-81(4,5)6)70-47-43-66(78-70)73(57-27-35-61(36-28-57)84-53-22-49-80(2)3)67-44-48-71(79-67)75(69-46-42-65(72)77-69)59-31-39-63(40-32-59)86-55-24-51-82(7,8)9/h25-48,76,79H,10-24,49-55H2,1-9H3/q+2. The second-order valence-corrected chi connectivity index (χ2v) is 25.8. The van der Waals surface area contributed by atoms with Crippen molar-refractivity contribution in [3.63, 3.8) is 0 Å². The van der Waals surface area contributed by atoms with Gasteiger partial charge in [0, 0.05) is 63.7 Å². The quantitative estimate of drug-likeness (QED) is 0.0312. The lowest BCUT2D eigenvalue weighted by molar-refractivity contribution is -0.870. The monoisotopic (exact) mass is 1160 g/mol. The molecule has 9 rings (SSSR count). The Bertz CT molecular complexity index is 3430. The van der Waals surface area contributed by atoms with Crippen molar-refractivity contribution >= 4 is 46.4 Å². The van der Waals surface area contributed by atoms with Crippen LogP contribution < -0.4 is 18.9 Å². The zero-order valence-electron chi connectivity index (χ0n) is 53.3. The molecule has 2 N–H and O–H groups in total. The summed E-state index contributed by atoms with van der Waals surface area (Å²) in [5, 5.41) is 0. The van der Waals surface area contributed by atoms with Gasteiger partial charge in [-0.2, -0.15) is 0 Å². The number of nitrogens with one attached hydrogen (secondary N) is 2. The number of unbranched alkanes of at least 4 members (excludes halogenated alkanes) is 11. The molecule has 454 valence electrons. The molecule has 7 aromatic rings. The molecule has 0 atom stereocenters. The normalized spacial score (nSPS) is 12.3. The van der Waals surface area contributed by atoms with Crippen LogP contribution in [-0.4, -0.2) is 136 Å². The van der Waals surface area contributed by atoms with Crippen molar-refractivity contribution in [3.05, 3.63) is 144 Å². The summed E-state index contributed by atoms with van der Waals surface area (Å²) in [6, 6.07) is 42.7. The summed E-state index contributed by atoms with van der Waals surface area (Å²) in [7, 11) is 17.5. The highest BCUT2D eigenvalue weighted by molar-refractivity contribution is 6.00. The van der Waals surface area contributed by atoms with Gasteiger partial charge in [0.2, 0.25) is 0 Å². The molecule has 0 radical (unpaired) electrons. The number of ether oxygens (including phenoxy) is 4. The molecule has 0 fully saturated rings. The van der Waals surface area contributed by atoms with Gasteiger partial charge in [0.1, 0.15) is 23.0 Å². The first-order valence-electron chi connectivity index (χ1n) is 32.0. The summed E-state index contributed by atoms with van der Waals surface area (Å²) in [5.74, 6) is 3.40. The highest BCUT2D eigenvalue weighted by Crippen LogP contribution is 2.40. The predicted octanol–water partition coefficient (Wildman–Crippen LogP) is 17.7. The third kappa shape index (κ3) is 18.3. The van der Waals surface area contributed by atoms with Crippen LogP contribution >= 0.6 is 0 Å². The van der Waals surface area contributed by atoms with E-state index in [-0.39, 0.29) is 0 Å². The van der Waals surface area contributed by atoms with Crippen molar-refractivity contribution in [2.24, 2.45) is 0 Å². The third-order valence-electron chi connectivity index (χ3n) is 16.1. The highest BCUT2D eigenvalue weighted by atomic mass is 16.5. The van der Waals surface area contributed by atoms with Crippen molar-refractivity contribution in [2.45, 2.75) is 103 Å². The Kier molecular flexibility index (Phi) is 22.6. The van der Waals surface area contributed by atoms with Gasteiger partial charge in [-0.05, 0) is 146 Å². The third-order valence-corrected chi connectivity index (χ3v) is 16.1. The van der Waals surface area contributed by atoms with E-state index in [1.807, 2.05) is 0 Å². The smallest absolute Gasteiger partial charge is 0.119 e. The predicted molar refractivity (Wildman–Crippen MR) is 362 cm³/mol. The second-order valence-electron chi connectivity index (χ2n) is 25.8. The minimum atomic E-state index is 0.643. The lowest BCUT2D eigenvalue weighted by Crippen LogP contribution is -2.36. The lowest BCUT2D eigenvalue weighted by atomic mass is 10.0. The molecule has 2 aliphatic heterocycles. The number of aromatic amines is 2. The first-order valence-corrected chi connectivity index (χ1v) is 32.0. The average molecular weight is 1160 g/mol. The molecule has 0 amide bonds. The van der Waals surface area contributed by atoms with Gasteiger partial charge in [0.25, 0.3) is 0 Å². The Morgan fingerprint density at radius 2 is 0.605 bits per heavy atom. The number of hydrogen-bond donors (Lipinski definition) is 2. The molecule has 0 saturated carbocycles. The number of hydrogen-bond acceptors (Lipinski definition) is 7. The number of fused-ring (bicyclic) bond motifs is 8. The van der Waals surface area contributed by atoms with Gasteiger partial charge in [0.15, 0.2) is 0 Å². The maximum absolute atomic E-state index is 6.40. The molecular formula is C75H97N7O4+2. The van der Waals surface area contributed by atoms with E-state index in [0.29, 0.717) is 26.4 Å². The van der Waals surface area contributed by atoms with Crippen molar-refractivity contribution in [3.8, 4) is 67.5 Å². The Morgan fingerprint density at radius 3 is 0.884 bits per heavy atom. The second kappa shape index (κ2) is 30.8. The molecule has 0 spiro atoms. The fourth-order valence-electron chi connectivity index (χ4n) is 11.5. The van der Waals surface area contributed by atoms with Crippen LogP contribution in [-0.2, 0) is 0 Å². The summed E-state index contributed by atoms with van der Waals surface area (Å²) in [6.07, 6.45) is 27.3. The van der Waals surface area contributed by atoms with Crippen molar-refractivity contribution < 1.29 is 27.9 Å². The largest absolute Gasteiger partial charge is 0.494 e. The lowest BCUT2D eigenvalue weighted by Gasteiger charge is -2.23. The summed E-state index contributed by atoms with van der Waals surface area (Å²) in [4.78, 5) is 21.2. The van der Waals surface area contributed by atoms with Gasteiger partial charge in [-0.1, -0.05) is 126 Å². The number of quaternary nitrogens is 2. The van der Waals surface area contributed by atoms with Gasteiger partial charge >= 0.3 is 0 Å². The Hall–Kier alpha value is -7.44. The Morgan fingerprint density at radius 1 is 0.337 bits per heavy atom. The van der Waals surface area contributed by atoms with E-state index in [1.54, 1.807) is 0 Å². The van der Waals surface area contributed by atoms with Gasteiger partial charge in [-0.15, -0.1) is 0 Å². The Balaban J connectivity index is 1.13. The van der Waals surface area contributed by atoms with E-state index in [1.165, 1.54) is 70.6 Å².